The zero-order chi connectivity index (χ0) is 24.3. The number of sulfone groups is 1. The lowest BCUT2D eigenvalue weighted by Gasteiger charge is -2.34. The van der Waals surface area contributed by atoms with Gasteiger partial charge in [-0.25, -0.2) is 13.2 Å². The van der Waals surface area contributed by atoms with Gasteiger partial charge in [-0.1, -0.05) is 24.6 Å². The van der Waals surface area contributed by atoms with Crippen molar-refractivity contribution in [3.8, 4) is 5.75 Å². The third-order valence-corrected chi connectivity index (χ3v) is 9.23. The van der Waals surface area contributed by atoms with Crippen LogP contribution in [-0.2, 0) is 24.1 Å². The number of thiophene rings is 1. The van der Waals surface area contributed by atoms with Gasteiger partial charge in [0.15, 0.2) is 9.84 Å². The number of carbonyl (C=O) groups excluding carboxylic acids is 1. The Bertz CT molecular complexity index is 1140. The van der Waals surface area contributed by atoms with E-state index in [0.29, 0.717) is 29.9 Å². The highest BCUT2D eigenvalue weighted by atomic mass is 32.2. The molecule has 1 N–H and O–H groups in total. The summed E-state index contributed by atoms with van der Waals surface area (Å²) < 4.78 is 34.7. The van der Waals surface area contributed by atoms with Crippen LogP contribution in [0.25, 0.3) is 12.2 Å². The fourth-order valence-corrected chi connectivity index (χ4v) is 7.42. The minimum Gasteiger partial charge on any atom is -0.481 e. The van der Waals surface area contributed by atoms with Gasteiger partial charge in [0.2, 0.25) is 0 Å². The second kappa shape index (κ2) is 9.69. The van der Waals surface area contributed by atoms with Crippen molar-refractivity contribution in [2.45, 2.75) is 56.8 Å². The predicted octanol–water partition coefficient (Wildman–Crippen LogP) is 5.50. The SMILES string of the molecule is CC(C)(C)OC(=O)Oc1ccc(C=Cc2ccc([C@@]3(CC(=O)O)CCCCS3(=O)=O)s2)cc1. The molecule has 2 aromatic rings. The van der Waals surface area contributed by atoms with Gasteiger partial charge < -0.3 is 14.6 Å². The van der Waals surface area contributed by atoms with Crippen molar-refractivity contribution in [2.24, 2.45) is 0 Å². The summed E-state index contributed by atoms with van der Waals surface area (Å²) in [6.45, 7) is 5.27. The number of carboxylic acids is 1. The fraction of sp³-hybridized carbons (Fsp3) is 0.417. The topological polar surface area (TPSA) is 107 Å². The minimum absolute atomic E-state index is 0.0149. The molecule has 0 saturated carbocycles. The molecule has 1 aliphatic heterocycles. The van der Waals surface area contributed by atoms with E-state index >= 15 is 0 Å². The first kappa shape index (κ1) is 25.0. The third kappa shape index (κ3) is 6.23. The van der Waals surface area contributed by atoms with Crippen molar-refractivity contribution in [2.75, 3.05) is 5.75 Å². The number of benzene rings is 1. The Morgan fingerprint density at radius 1 is 1.09 bits per heavy atom. The van der Waals surface area contributed by atoms with Crippen molar-refractivity contribution in [3.63, 3.8) is 0 Å². The summed E-state index contributed by atoms with van der Waals surface area (Å²) in [5.74, 6) is -0.737. The van der Waals surface area contributed by atoms with Gasteiger partial charge in [-0.15, -0.1) is 11.3 Å². The molecule has 0 amide bonds. The molecule has 1 fully saturated rings. The standard InChI is InChI=1S/C24H28O7S2/c1-23(2,3)31-22(27)30-18-9-6-17(7-10-18)8-11-19-12-13-20(32-19)24(16-21(25)26)14-4-5-15-33(24,28)29/h6-13H,4-5,14-16H2,1-3H3,(H,25,26)/t24-/m0/s1. The second-order valence-corrected chi connectivity index (χ2v) is 12.5. The number of rotatable bonds is 6. The van der Waals surface area contributed by atoms with E-state index in [-0.39, 0.29) is 5.75 Å². The average molecular weight is 493 g/mol. The van der Waals surface area contributed by atoms with Crippen LogP contribution in [-0.4, -0.2) is 37.0 Å². The highest BCUT2D eigenvalue weighted by molar-refractivity contribution is 7.92. The first-order valence-electron chi connectivity index (χ1n) is 10.6. The van der Waals surface area contributed by atoms with Crippen LogP contribution in [0, 0.1) is 0 Å². The molecule has 0 unspecified atom stereocenters. The van der Waals surface area contributed by atoms with E-state index in [9.17, 15) is 23.1 Å². The highest BCUT2D eigenvalue weighted by Crippen LogP contribution is 2.46. The molecule has 1 atom stereocenters. The molecule has 9 heteroatoms. The zero-order valence-electron chi connectivity index (χ0n) is 18.9. The second-order valence-electron chi connectivity index (χ2n) is 9.01. The van der Waals surface area contributed by atoms with Gasteiger partial charge >= 0.3 is 12.1 Å². The van der Waals surface area contributed by atoms with Crippen molar-refractivity contribution in [1.82, 2.24) is 0 Å². The Labute approximate surface area is 198 Å². The zero-order valence-corrected chi connectivity index (χ0v) is 20.5. The Balaban J connectivity index is 1.74. The lowest BCUT2D eigenvalue weighted by Crippen LogP contribution is -2.41. The molecule has 0 spiro atoms. The van der Waals surface area contributed by atoms with Gasteiger partial charge in [0.1, 0.15) is 16.1 Å². The Kier molecular flexibility index (Phi) is 7.33. The summed E-state index contributed by atoms with van der Waals surface area (Å²) in [7, 11) is -3.56. The lowest BCUT2D eigenvalue weighted by molar-refractivity contribution is -0.137. The Morgan fingerprint density at radius 3 is 2.39 bits per heavy atom. The summed E-state index contributed by atoms with van der Waals surface area (Å²) in [6.07, 6.45) is 4.09. The van der Waals surface area contributed by atoms with Gasteiger partial charge in [-0.05, 0) is 69.5 Å². The number of carbonyl (C=O) groups is 2. The van der Waals surface area contributed by atoms with Crippen LogP contribution in [0.4, 0.5) is 4.79 Å². The summed E-state index contributed by atoms with van der Waals surface area (Å²) in [6, 6.07) is 10.4. The largest absolute Gasteiger partial charge is 0.514 e. The molecule has 2 heterocycles. The molecule has 1 aliphatic rings. The van der Waals surface area contributed by atoms with Gasteiger partial charge in [-0.2, -0.15) is 0 Å². The molecule has 0 bridgehead atoms. The number of hydrogen-bond donors (Lipinski definition) is 1. The highest BCUT2D eigenvalue weighted by Gasteiger charge is 2.49. The van der Waals surface area contributed by atoms with Crippen molar-refractivity contribution < 1.29 is 32.6 Å². The molecule has 3 rings (SSSR count). The van der Waals surface area contributed by atoms with Gasteiger partial charge in [0, 0.05) is 9.75 Å². The first-order valence-corrected chi connectivity index (χ1v) is 13.1. The third-order valence-electron chi connectivity index (χ3n) is 5.26. The molecular formula is C24H28O7S2. The van der Waals surface area contributed by atoms with E-state index in [1.807, 2.05) is 18.2 Å². The van der Waals surface area contributed by atoms with Crippen LogP contribution in [0.1, 0.15) is 61.8 Å². The van der Waals surface area contributed by atoms with Crippen LogP contribution < -0.4 is 4.74 Å². The van der Waals surface area contributed by atoms with Gasteiger partial charge in [0.05, 0.1) is 12.2 Å². The lowest BCUT2D eigenvalue weighted by atomic mass is 9.95. The molecule has 178 valence electrons. The molecule has 33 heavy (non-hydrogen) atoms. The Hall–Kier alpha value is -2.65. The maximum Gasteiger partial charge on any atom is 0.514 e. The van der Waals surface area contributed by atoms with Crippen LogP contribution in [0.2, 0.25) is 0 Å². The maximum absolute atomic E-state index is 12.9. The van der Waals surface area contributed by atoms with Gasteiger partial charge in [-0.3, -0.25) is 4.79 Å². The van der Waals surface area contributed by atoms with E-state index in [1.165, 1.54) is 11.3 Å². The minimum atomic E-state index is -3.56. The number of ether oxygens (including phenoxy) is 2. The fourth-order valence-electron chi connectivity index (χ4n) is 3.74. The molecule has 1 saturated heterocycles. The van der Waals surface area contributed by atoms with Crippen LogP contribution >= 0.6 is 11.3 Å². The van der Waals surface area contributed by atoms with E-state index in [1.54, 1.807) is 51.1 Å². The van der Waals surface area contributed by atoms with E-state index < -0.39 is 38.7 Å². The van der Waals surface area contributed by atoms with Crippen LogP contribution in [0.3, 0.4) is 0 Å². The summed E-state index contributed by atoms with van der Waals surface area (Å²) >= 11 is 1.30. The quantitative estimate of drug-likeness (QED) is 0.419. The number of carboxylic acid groups (broad SMARTS) is 1. The van der Waals surface area contributed by atoms with E-state index in [2.05, 4.69) is 0 Å². The summed E-state index contributed by atoms with van der Waals surface area (Å²) in [4.78, 5) is 24.7. The van der Waals surface area contributed by atoms with Crippen molar-refractivity contribution in [3.05, 3.63) is 51.7 Å². The van der Waals surface area contributed by atoms with Crippen molar-refractivity contribution >= 4 is 45.5 Å². The first-order chi connectivity index (χ1) is 15.4. The number of aliphatic carboxylic acids is 1. The van der Waals surface area contributed by atoms with Crippen LogP contribution in [0.5, 0.6) is 5.75 Å². The smallest absolute Gasteiger partial charge is 0.481 e. The predicted molar refractivity (Wildman–Crippen MR) is 128 cm³/mol. The molecule has 1 aromatic carbocycles. The molecule has 1 aromatic heterocycles. The summed E-state index contributed by atoms with van der Waals surface area (Å²) in [5.41, 5.74) is 0.214. The molecule has 7 nitrogen and oxygen atoms in total. The molecule has 0 radical (unpaired) electrons. The summed E-state index contributed by atoms with van der Waals surface area (Å²) in [5, 5.41) is 9.40. The monoisotopic (exact) mass is 492 g/mol. The maximum atomic E-state index is 12.9. The number of hydrogen-bond acceptors (Lipinski definition) is 7. The molecular weight excluding hydrogens is 464 g/mol. The Morgan fingerprint density at radius 2 is 1.79 bits per heavy atom. The van der Waals surface area contributed by atoms with E-state index in [4.69, 9.17) is 9.47 Å². The van der Waals surface area contributed by atoms with E-state index in [0.717, 1.165) is 10.4 Å². The van der Waals surface area contributed by atoms with Crippen molar-refractivity contribution in [1.29, 1.82) is 0 Å². The van der Waals surface area contributed by atoms with Gasteiger partial charge in [0.25, 0.3) is 0 Å². The average Bonchev–Trinajstić information content (AvgIpc) is 3.17. The molecule has 0 aliphatic carbocycles. The normalized spacial score (nSPS) is 20.5. The van der Waals surface area contributed by atoms with Crippen LogP contribution in [0.15, 0.2) is 36.4 Å².